The summed E-state index contributed by atoms with van der Waals surface area (Å²) in [5, 5.41) is 0. The van der Waals surface area contributed by atoms with Crippen LogP contribution in [0.1, 0.15) is 56.8 Å². The highest BCUT2D eigenvalue weighted by Gasteiger charge is 2.18. The number of ether oxygens (including phenoxy) is 1. The minimum Gasteiger partial charge on any atom is -0.372 e. The van der Waals surface area contributed by atoms with Crippen LogP contribution in [0.15, 0.2) is 24.3 Å². The van der Waals surface area contributed by atoms with Crippen LogP contribution in [-0.2, 0) is 4.74 Å². The molecule has 0 saturated carbocycles. The van der Waals surface area contributed by atoms with E-state index in [1.165, 1.54) is 24.0 Å². The molecule has 0 aliphatic rings. The van der Waals surface area contributed by atoms with E-state index < -0.39 is 0 Å². The summed E-state index contributed by atoms with van der Waals surface area (Å²) in [6.45, 7) is 7.23. The summed E-state index contributed by atoms with van der Waals surface area (Å²) in [5.74, 6) is 0. The van der Waals surface area contributed by atoms with E-state index in [9.17, 15) is 0 Å². The van der Waals surface area contributed by atoms with Crippen molar-refractivity contribution in [2.45, 2.75) is 58.6 Å². The molecule has 0 heterocycles. The van der Waals surface area contributed by atoms with Gasteiger partial charge in [0.25, 0.3) is 0 Å². The van der Waals surface area contributed by atoms with Gasteiger partial charge in [-0.2, -0.15) is 0 Å². The lowest BCUT2D eigenvalue weighted by Crippen LogP contribution is -2.29. The first kappa shape index (κ1) is 15.2. The lowest BCUT2D eigenvalue weighted by molar-refractivity contribution is 0.0312. The summed E-state index contributed by atoms with van der Waals surface area (Å²) in [6.07, 6.45) is 4.54. The molecular weight excluding hydrogens is 222 g/mol. The molecule has 1 aromatic carbocycles. The van der Waals surface area contributed by atoms with Gasteiger partial charge in [0.1, 0.15) is 0 Å². The van der Waals surface area contributed by atoms with E-state index in [0.29, 0.717) is 0 Å². The Morgan fingerprint density at radius 2 is 2.00 bits per heavy atom. The molecule has 102 valence electrons. The Morgan fingerprint density at radius 1 is 1.22 bits per heavy atom. The summed E-state index contributed by atoms with van der Waals surface area (Å²) in [5.41, 5.74) is 8.66. The van der Waals surface area contributed by atoms with Crippen molar-refractivity contribution in [1.82, 2.24) is 0 Å². The first-order valence-corrected chi connectivity index (χ1v) is 7.12. The molecule has 2 heteroatoms. The van der Waals surface area contributed by atoms with Gasteiger partial charge < -0.3 is 10.5 Å². The zero-order chi connectivity index (χ0) is 13.4. The normalized spacial score (nSPS) is 14.4. The topological polar surface area (TPSA) is 35.2 Å². The molecule has 0 aliphatic heterocycles. The second-order valence-corrected chi connectivity index (χ2v) is 4.98. The van der Waals surface area contributed by atoms with Crippen molar-refractivity contribution in [3.05, 3.63) is 35.4 Å². The minimum absolute atomic E-state index is 0.0340. The molecule has 2 atom stereocenters. The molecule has 1 aromatic rings. The van der Waals surface area contributed by atoms with Crippen molar-refractivity contribution in [2.75, 3.05) is 6.61 Å². The van der Waals surface area contributed by atoms with Crippen LogP contribution in [-0.4, -0.2) is 12.6 Å². The Morgan fingerprint density at radius 3 is 2.61 bits per heavy atom. The van der Waals surface area contributed by atoms with Crippen molar-refractivity contribution in [3.8, 4) is 0 Å². The number of hydrogen-bond acceptors (Lipinski definition) is 2. The summed E-state index contributed by atoms with van der Waals surface area (Å²) >= 11 is 0. The zero-order valence-electron chi connectivity index (χ0n) is 12.0. The molecule has 2 nitrogen and oxygen atoms in total. The van der Waals surface area contributed by atoms with Gasteiger partial charge in [-0.1, -0.05) is 56.5 Å². The van der Waals surface area contributed by atoms with E-state index in [1.54, 1.807) is 0 Å². The van der Waals surface area contributed by atoms with E-state index in [2.05, 4.69) is 45.0 Å². The maximum absolute atomic E-state index is 6.19. The average molecular weight is 249 g/mol. The van der Waals surface area contributed by atoms with E-state index in [0.717, 1.165) is 19.4 Å². The molecule has 1 rings (SSSR count). The van der Waals surface area contributed by atoms with E-state index >= 15 is 0 Å². The number of unbranched alkanes of at least 4 members (excludes halogenated alkanes) is 2. The van der Waals surface area contributed by atoms with Crippen LogP contribution in [0.4, 0.5) is 0 Å². The molecule has 18 heavy (non-hydrogen) atoms. The van der Waals surface area contributed by atoms with Crippen molar-refractivity contribution < 1.29 is 4.74 Å². The third-order valence-electron chi connectivity index (χ3n) is 3.28. The van der Waals surface area contributed by atoms with Crippen molar-refractivity contribution in [3.63, 3.8) is 0 Å². The summed E-state index contributed by atoms with van der Waals surface area (Å²) in [4.78, 5) is 0. The van der Waals surface area contributed by atoms with E-state index in [1.807, 2.05) is 0 Å². The molecule has 2 N–H and O–H groups in total. The fraction of sp³-hybridized carbons (Fsp3) is 0.625. The Bertz CT molecular complexity index is 338. The number of nitrogens with two attached hydrogens (primary N) is 1. The molecule has 0 saturated heterocycles. The molecule has 0 radical (unpaired) electrons. The molecule has 0 bridgehead atoms. The number of aryl methyl sites for hydroxylation is 1. The van der Waals surface area contributed by atoms with E-state index in [4.69, 9.17) is 10.5 Å². The van der Waals surface area contributed by atoms with Gasteiger partial charge in [-0.05, 0) is 25.3 Å². The maximum Gasteiger partial charge on any atom is 0.0975 e. The first-order valence-electron chi connectivity index (χ1n) is 7.12. The Balaban J connectivity index is 2.66. The van der Waals surface area contributed by atoms with Crippen LogP contribution in [0.2, 0.25) is 0 Å². The second kappa shape index (κ2) is 8.28. The van der Waals surface area contributed by atoms with Gasteiger partial charge in [-0.3, -0.25) is 0 Å². The van der Waals surface area contributed by atoms with E-state index in [-0.39, 0.29) is 12.1 Å². The quantitative estimate of drug-likeness (QED) is 0.707. The van der Waals surface area contributed by atoms with Gasteiger partial charge in [-0.25, -0.2) is 0 Å². The van der Waals surface area contributed by atoms with Crippen molar-refractivity contribution >= 4 is 0 Å². The van der Waals surface area contributed by atoms with Gasteiger partial charge in [0.05, 0.1) is 6.10 Å². The van der Waals surface area contributed by atoms with Crippen LogP contribution in [0.25, 0.3) is 0 Å². The Kier molecular flexibility index (Phi) is 6.99. The fourth-order valence-corrected chi connectivity index (χ4v) is 2.09. The molecule has 0 amide bonds. The zero-order valence-corrected chi connectivity index (χ0v) is 12.0. The number of hydrogen-bond donors (Lipinski definition) is 1. The van der Waals surface area contributed by atoms with Crippen LogP contribution < -0.4 is 5.73 Å². The third kappa shape index (κ3) is 4.79. The van der Waals surface area contributed by atoms with Crippen LogP contribution in [0.5, 0.6) is 0 Å². The molecule has 0 spiro atoms. The largest absolute Gasteiger partial charge is 0.372 e. The van der Waals surface area contributed by atoms with Gasteiger partial charge in [0.2, 0.25) is 0 Å². The Labute approximate surface area is 112 Å². The highest BCUT2D eigenvalue weighted by Crippen LogP contribution is 2.23. The van der Waals surface area contributed by atoms with Crippen LogP contribution >= 0.6 is 0 Å². The fourth-order valence-electron chi connectivity index (χ4n) is 2.09. The molecule has 0 fully saturated rings. The molecular formula is C16H27NO. The average Bonchev–Trinajstić information content (AvgIpc) is 2.38. The Hall–Kier alpha value is -0.860. The smallest absolute Gasteiger partial charge is 0.0975 e. The molecule has 0 aromatic heterocycles. The van der Waals surface area contributed by atoms with Gasteiger partial charge in [-0.15, -0.1) is 0 Å². The lowest BCUT2D eigenvalue weighted by Gasteiger charge is -2.24. The predicted octanol–water partition coefficient (Wildman–Crippen LogP) is 3.98. The van der Waals surface area contributed by atoms with Crippen molar-refractivity contribution in [2.24, 2.45) is 5.73 Å². The van der Waals surface area contributed by atoms with Crippen LogP contribution in [0, 0.1) is 6.92 Å². The highest BCUT2D eigenvalue weighted by atomic mass is 16.5. The maximum atomic E-state index is 6.19. The standard InChI is InChI=1S/C16H27NO/c1-4-6-7-11-18-16(15(17)5-2)14-10-8-9-13(3)12-14/h8-10,12,15-16H,4-7,11,17H2,1-3H3. The number of rotatable bonds is 8. The first-order chi connectivity index (χ1) is 8.69. The number of benzene rings is 1. The third-order valence-corrected chi connectivity index (χ3v) is 3.28. The monoisotopic (exact) mass is 249 g/mol. The predicted molar refractivity (Wildman–Crippen MR) is 77.7 cm³/mol. The minimum atomic E-state index is 0.0340. The highest BCUT2D eigenvalue weighted by molar-refractivity contribution is 5.25. The van der Waals surface area contributed by atoms with Gasteiger partial charge in [0.15, 0.2) is 0 Å². The molecule has 2 unspecified atom stereocenters. The van der Waals surface area contributed by atoms with Crippen LogP contribution in [0.3, 0.4) is 0 Å². The molecule has 0 aliphatic carbocycles. The summed E-state index contributed by atoms with van der Waals surface area (Å²) in [6, 6.07) is 8.56. The van der Waals surface area contributed by atoms with Gasteiger partial charge in [0, 0.05) is 12.6 Å². The SMILES string of the molecule is CCCCCOC(c1cccc(C)c1)C(N)CC. The lowest BCUT2D eigenvalue weighted by atomic mass is 9.99. The second-order valence-electron chi connectivity index (χ2n) is 4.98. The van der Waals surface area contributed by atoms with Gasteiger partial charge >= 0.3 is 0 Å². The summed E-state index contributed by atoms with van der Waals surface area (Å²) < 4.78 is 6.01. The van der Waals surface area contributed by atoms with Crippen molar-refractivity contribution in [1.29, 1.82) is 0 Å². The summed E-state index contributed by atoms with van der Waals surface area (Å²) in [7, 11) is 0.